The van der Waals surface area contributed by atoms with Crippen LogP contribution in [0.5, 0.6) is 0 Å². The number of hydrazine groups is 1. The number of alkyl halides is 3. The van der Waals surface area contributed by atoms with Gasteiger partial charge in [-0.05, 0) is 36.3 Å². The van der Waals surface area contributed by atoms with Crippen molar-refractivity contribution in [1.82, 2.24) is 10.4 Å². The summed E-state index contributed by atoms with van der Waals surface area (Å²) < 4.78 is 51.9. The lowest BCUT2D eigenvalue weighted by Crippen LogP contribution is -2.41. The molecule has 3 rings (SSSR count). The molecule has 4 nitrogen and oxygen atoms in total. The van der Waals surface area contributed by atoms with Gasteiger partial charge in [0.2, 0.25) is 0 Å². The number of rotatable bonds is 4. The lowest BCUT2D eigenvalue weighted by atomic mass is 9.98. The van der Waals surface area contributed by atoms with Gasteiger partial charge in [0.25, 0.3) is 0 Å². The van der Waals surface area contributed by atoms with Crippen molar-refractivity contribution in [1.29, 1.82) is 0 Å². The normalized spacial score (nSPS) is 17.4. The molecular weight excluding hydrogens is 350 g/mol. The minimum Gasteiger partial charge on any atom is -0.301 e. The molecule has 0 bridgehead atoms. The number of benzene rings is 1. The predicted molar refractivity (Wildman–Crippen MR) is 87.5 cm³/mol. The van der Waals surface area contributed by atoms with Crippen LogP contribution in [0.25, 0.3) is 0 Å². The molecule has 0 aliphatic carbocycles. The lowest BCUT2D eigenvalue weighted by Gasteiger charge is -2.24. The molecule has 0 amide bonds. The average molecular weight is 365 g/mol. The summed E-state index contributed by atoms with van der Waals surface area (Å²) in [5, 5.41) is 1.37. The van der Waals surface area contributed by atoms with Gasteiger partial charge in [-0.3, -0.25) is 5.01 Å². The minimum atomic E-state index is -4.49. The van der Waals surface area contributed by atoms with E-state index in [1.165, 1.54) is 17.1 Å². The second-order valence-corrected chi connectivity index (χ2v) is 5.88. The number of carbonyl (C=O) groups excluding carboxylic acids is 1. The summed E-state index contributed by atoms with van der Waals surface area (Å²) in [7, 11) is 0. The summed E-state index contributed by atoms with van der Waals surface area (Å²) in [4.78, 5) is 15.4. The first-order valence-corrected chi connectivity index (χ1v) is 7.78. The van der Waals surface area contributed by atoms with Gasteiger partial charge in [0.1, 0.15) is 24.0 Å². The Morgan fingerprint density at radius 3 is 2.54 bits per heavy atom. The number of aromatic nitrogens is 1. The van der Waals surface area contributed by atoms with Crippen LogP contribution in [0, 0.1) is 5.82 Å². The standard InChI is InChI=1S/C18H15F4N3O/c1-11-14(8-12-4-2-3-5-15(12)19)16(10-26)25(24-11)17-7-6-13(9-23-17)18(20,21)22/h2-7,9-10,16,24H,8H2,1H3. The SMILES string of the molecule is CC1=C(Cc2ccccc2F)C(C=O)N(c2ccc(C(F)(F)F)cn2)N1. The smallest absolute Gasteiger partial charge is 0.301 e. The summed E-state index contributed by atoms with van der Waals surface area (Å²) in [5.74, 6) is -0.221. The van der Waals surface area contributed by atoms with Crippen molar-refractivity contribution in [3.8, 4) is 0 Å². The van der Waals surface area contributed by atoms with Crippen LogP contribution in [-0.4, -0.2) is 17.3 Å². The van der Waals surface area contributed by atoms with Crippen LogP contribution >= 0.6 is 0 Å². The molecule has 2 aromatic rings. The first-order valence-electron chi connectivity index (χ1n) is 7.78. The van der Waals surface area contributed by atoms with E-state index in [0.29, 0.717) is 29.3 Å². The van der Waals surface area contributed by atoms with E-state index in [9.17, 15) is 22.4 Å². The van der Waals surface area contributed by atoms with Crippen molar-refractivity contribution in [3.05, 3.63) is 70.8 Å². The molecule has 1 unspecified atom stereocenters. The molecule has 26 heavy (non-hydrogen) atoms. The molecule has 1 atom stereocenters. The Morgan fingerprint density at radius 1 is 1.23 bits per heavy atom. The molecular formula is C18H15F4N3O. The molecule has 0 saturated heterocycles. The van der Waals surface area contributed by atoms with E-state index in [-0.39, 0.29) is 18.1 Å². The molecule has 1 aliphatic heterocycles. The number of allylic oxidation sites excluding steroid dienone is 1. The number of nitrogens with one attached hydrogen (secondary N) is 1. The fraction of sp³-hybridized carbons (Fsp3) is 0.222. The summed E-state index contributed by atoms with van der Waals surface area (Å²) >= 11 is 0. The van der Waals surface area contributed by atoms with Gasteiger partial charge in [-0.25, -0.2) is 9.37 Å². The first-order chi connectivity index (χ1) is 12.3. The Morgan fingerprint density at radius 2 is 1.96 bits per heavy atom. The predicted octanol–water partition coefficient (Wildman–Crippen LogP) is 3.65. The monoisotopic (exact) mass is 365 g/mol. The fourth-order valence-corrected chi connectivity index (χ4v) is 2.82. The number of hydrogen-bond acceptors (Lipinski definition) is 4. The van der Waals surface area contributed by atoms with Gasteiger partial charge in [-0.1, -0.05) is 18.2 Å². The molecule has 0 saturated carbocycles. The van der Waals surface area contributed by atoms with Crippen LogP contribution in [0.3, 0.4) is 0 Å². The highest BCUT2D eigenvalue weighted by atomic mass is 19.4. The summed E-state index contributed by atoms with van der Waals surface area (Å²) in [6.45, 7) is 1.72. The van der Waals surface area contributed by atoms with Crippen LogP contribution in [0.2, 0.25) is 0 Å². The highest BCUT2D eigenvalue weighted by Crippen LogP contribution is 2.31. The third kappa shape index (κ3) is 3.40. The van der Waals surface area contributed by atoms with Crippen LogP contribution in [0.15, 0.2) is 53.9 Å². The first kappa shape index (κ1) is 17.9. The molecule has 0 radical (unpaired) electrons. The number of halogens is 4. The zero-order chi connectivity index (χ0) is 18.9. The summed E-state index contributed by atoms with van der Waals surface area (Å²) in [6.07, 6.45) is -2.92. The second-order valence-electron chi connectivity index (χ2n) is 5.88. The van der Waals surface area contributed by atoms with Crippen LogP contribution < -0.4 is 10.4 Å². The Hall–Kier alpha value is -2.90. The molecule has 1 aromatic heterocycles. The van der Waals surface area contributed by atoms with Gasteiger partial charge in [0, 0.05) is 18.3 Å². The third-order valence-corrected chi connectivity index (χ3v) is 4.19. The third-order valence-electron chi connectivity index (χ3n) is 4.19. The van der Waals surface area contributed by atoms with E-state index >= 15 is 0 Å². The van der Waals surface area contributed by atoms with Gasteiger partial charge in [0.15, 0.2) is 0 Å². The number of aldehydes is 1. The molecule has 2 heterocycles. The van der Waals surface area contributed by atoms with E-state index in [1.54, 1.807) is 25.1 Å². The number of anilines is 1. The van der Waals surface area contributed by atoms with E-state index in [0.717, 1.165) is 6.07 Å². The molecule has 136 valence electrons. The Kier molecular flexibility index (Phi) is 4.67. The second kappa shape index (κ2) is 6.78. The van der Waals surface area contributed by atoms with E-state index in [2.05, 4.69) is 10.4 Å². The topological polar surface area (TPSA) is 45.2 Å². The van der Waals surface area contributed by atoms with Crippen molar-refractivity contribution in [3.63, 3.8) is 0 Å². The highest BCUT2D eigenvalue weighted by Gasteiger charge is 2.34. The van der Waals surface area contributed by atoms with Crippen molar-refractivity contribution in [2.24, 2.45) is 0 Å². The largest absolute Gasteiger partial charge is 0.417 e. The van der Waals surface area contributed by atoms with Crippen LogP contribution in [0.4, 0.5) is 23.4 Å². The van der Waals surface area contributed by atoms with Gasteiger partial charge in [0.05, 0.1) is 5.56 Å². The van der Waals surface area contributed by atoms with E-state index < -0.39 is 17.8 Å². The maximum atomic E-state index is 13.9. The Labute approximate surface area is 147 Å². The maximum Gasteiger partial charge on any atom is 0.417 e. The van der Waals surface area contributed by atoms with Gasteiger partial charge < -0.3 is 10.2 Å². The molecule has 1 N–H and O–H groups in total. The van der Waals surface area contributed by atoms with Crippen molar-refractivity contribution < 1.29 is 22.4 Å². The average Bonchev–Trinajstić information content (AvgIpc) is 2.92. The molecule has 1 aliphatic rings. The number of pyridine rings is 1. The van der Waals surface area contributed by atoms with Gasteiger partial charge in [-0.15, -0.1) is 0 Å². The van der Waals surface area contributed by atoms with Crippen molar-refractivity contribution in [2.45, 2.75) is 25.6 Å². The number of carbonyl (C=O) groups is 1. The molecule has 0 fully saturated rings. The summed E-state index contributed by atoms with van der Waals surface area (Å²) in [5.41, 5.74) is 3.75. The summed E-state index contributed by atoms with van der Waals surface area (Å²) in [6, 6.07) is 7.51. The van der Waals surface area contributed by atoms with Crippen LogP contribution in [-0.2, 0) is 17.4 Å². The zero-order valence-corrected chi connectivity index (χ0v) is 13.7. The number of nitrogens with zero attached hydrogens (tertiary/aromatic N) is 2. The van der Waals surface area contributed by atoms with Crippen molar-refractivity contribution in [2.75, 3.05) is 5.01 Å². The lowest BCUT2D eigenvalue weighted by molar-refractivity contribution is -0.137. The molecule has 1 aromatic carbocycles. The van der Waals surface area contributed by atoms with Gasteiger partial charge in [-0.2, -0.15) is 13.2 Å². The maximum absolute atomic E-state index is 13.9. The van der Waals surface area contributed by atoms with Gasteiger partial charge >= 0.3 is 6.18 Å². The number of hydrogen-bond donors (Lipinski definition) is 1. The Balaban J connectivity index is 1.86. The highest BCUT2D eigenvalue weighted by molar-refractivity contribution is 5.72. The fourth-order valence-electron chi connectivity index (χ4n) is 2.82. The van der Waals surface area contributed by atoms with Crippen LogP contribution in [0.1, 0.15) is 18.1 Å². The van der Waals surface area contributed by atoms with Crippen molar-refractivity contribution >= 4 is 12.1 Å². The molecule has 0 spiro atoms. The van der Waals surface area contributed by atoms with E-state index in [1.807, 2.05) is 0 Å². The molecule has 8 heteroatoms. The quantitative estimate of drug-likeness (QED) is 0.664. The van der Waals surface area contributed by atoms with E-state index in [4.69, 9.17) is 0 Å². The minimum absolute atomic E-state index is 0.165. The Bertz CT molecular complexity index is 846. The zero-order valence-electron chi connectivity index (χ0n) is 13.7.